The second-order valence-electron chi connectivity index (χ2n) is 6.62. The van der Waals surface area contributed by atoms with Crippen molar-refractivity contribution in [2.24, 2.45) is 5.92 Å². The lowest BCUT2D eigenvalue weighted by atomic mass is 9.85. The number of hydrogen-bond donors (Lipinski definition) is 2. The lowest BCUT2D eigenvalue weighted by Gasteiger charge is -2.26. The van der Waals surface area contributed by atoms with Gasteiger partial charge in [0.15, 0.2) is 0 Å². The number of carbonyl (C=O) groups is 1. The van der Waals surface area contributed by atoms with Crippen molar-refractivity contribution < 1.29 is 9.90 Å². The fourth-order valence-electron chi connectivity index (χ4n) is 3.43. The van der Waals surface area contributed by atoms with Crippen molar-refractivity contribution in [1.29, 1.82) is 0 Å². The molecule has 1 fully saturated rings. The van der Waals surface area contributed by atoms with E-state index in [1.807, 2.05) is 42.5 Å². The smallest absolute Gasteiger partial charge is 0.251 e. The van der Waals surface area contributed by atoms with Crippen LogP contribution < -0.4 is 5.32 Å². The Morgan fingerprint density at radius 2 is 1.58 bits per heavy atom. The Bertz CT molecular complexity index is 645. The predicted octanol–water partition coefficient (Wildman–Crippen LogP) is 4.02. The molecule has 1 amide bonds. The van der Waals surface area contributed by atoms with Crippen LogP contribution in [0.1, 0.15) is 42.5 Å². The molecule has 0 bridgehead atoms. The number of benzene rings is 2. The number of carbonyl (C=O) groups excluding carboxylic acids is 1. The molecule has 1 aliphatic carbocycles. The molecule has 1 saturated carbocycles. The summed E-state index contributed by atoms with van der Waals surface area (Å²) in [5.41, 5.74) is 2.86. The molecule has 1 aliphatic rings. The lowest BCUT2D eigenvalue weighted by molar-refractivity contribution is 0.0738. The summed E-state index contributed by atoms with van der Waals surface area (Å²) in [6.45, 7) is 0.337. The molecule has 2 N–H and O–H groups in total. The van der Waals surface area contributed by atoms with Crippen molar-refractivity contribution >= 4 is 5.91 Å². The van der Waals surface area contributed by atoms with Crippen molar-refractivity contribution in [3.05, 3.63) is 60.2 Å². The van der Waals surface area contributed by atoms with Crippen molar-refractivity contribution in [2.45, 2.75) is 38.2 Å². The van der Waals surface area contributed by atoms with Gasteiger partial charge in [-0.15, -0.1) is 0 Å². The molecule has 2 aromatic carbocycles. The van der Waals surface area contributed by atoms with Crippen LogP contribution in [0, 0.1) is 5.92 Å². The highest BCUT2D eigenvalue weighted by Crippen LogP contribution is 2.26. The zero-order valence-corrected chi connectivity index (χ0v) is 13.9. The summed E-state index contributed by atoms with van der Waals surface area (Å²) in [5.74, 6) is 0.212. The van der Waals surface area contributed by atoms with Gasteiger partial charge in [0.25, 0.3) is 5.91 Å². The third kappa shape index (κ3) is 4.24. The van der Waals surface area contributed by atoms with E-state index in [-0.39, 0.29) is 5.91 Å². The molecule has 3 heteroatoms. The zero-order chi connectivity index (χ0) is 16.8. The quantitative estimate of drug-likeness (QED) is 0.873. The van der Waals surface area contributed by atoms with Crippen LogP contribution in [0.15, 0.2) is 54.6 Å². The van der Waals surface area contributed by atoms with E-state index >= 15 is 0 Å². The van der Waals surface area contributed by atoms with Crippen LogP contribution in [0.2, 0.25) is 0 Å². The SMILES string of the molecule is O=C(NC[C@@H](O)C1CCCCC1)c1ccc(-c2ccccc2)cc1. The summed E-state index contributed by atoms with van der Waals surface area (Å²) in [4.78, 5) is 12.3. The molecule has 0 aromatic heterocycles. The summed E-state index contributed by atoms with van der Waals surface area (Å²) in [6, 6.07) is 17.7. The van der Waals surface area contributed by atoms with Crippen LogP contribution >= 0.6 is 0 Å². The first-order chi connectivity index (χ1) is 11.7. The third-order valence-electron chi connectivity index (χ3n) is 4.92. The Hall–Kier alpha value is -2.13. The van der Waals surface area contributed by atoms with Crippen LogP contribution in [0.25, 0.3) is 11.1 Å². The topological polar surface area (TPSA) is 49.3 Å². The lowest BCUT2D eigenvalue weighted by Crippen LogP contribution is -2.37. The first-order valence-corrected chi connectivity index (χ1v) is 8.86. The Kier molecular flexibility index (Phi) is 5.65. The van der Waals surface area contributed by atoms with E-state index in [1.165, 1.54) is 19.3 Å². The average molecular weight is 323 g/mol. The van der Waals surface area contributed by atoms with Crippen LogP contribution in [-0.2, 0) is 0 Å². The van der Waals surface area contributed by atoms with Gasteiger partial charge in [0.1, 0.15) is 0 Å². The van der Waals surface area contributed by atoms with Gasteiger partial charge in [0, 0.05) is 12.1 Å². The molecule has 1 atom stereocenters. The second-order valence-corrected chi connectivity index (χ2v) is 6.62. The summed E-state index contributed by atoms with van der Waals surface area (Å²) < 4.78 is 0. The van der Waals surface area contributed by atoms with Crippen molar-refractivity contribution in [3.63, 3.8) is 0 Å². The minimum Gasteiger partial charge on any atom is -0.391 e. The Morgan fingerprint density at radius 3 is 2.25 bits per heavy atom. The summed E-state index contributed by atoms with van der Waals surface area (Å²) in [6.07, 6.45) is 5.36. The fourth-order valence-corrected chi connectivity index (χ4v) is 3.43. The highest BCUT2D eigenvalue weighted by atomic mass is 16.3. The van der Waals surface area contributed by atoms with E-state index in [0.29, 0.717) is 18.0 Å². The van der Waals surface area contributed by atoms with E-state index in [2.05, 4.69) is 17.4 Å². The standard InChI is InChI=1S/C21H25NO2/c23-20(18-9-5-2-6-10-18)15-22-21(24)19-13-11-17(12-14-19)16-7-3-1-4-8-16/h1,3-4,7-8,11-14,18,20,23H,2,5-6,9-10,15H2,(H,22,24)/t20-/m1/s1. The summed E-state index contributed by atoms with van der Waals surface area (Å²) in [5, 5.41) is 13.1. The molecule has 2 aromatic rings. The van der Waals surface area contributed by atoms with Gasteiger partial charge < -0.3 is 10.4 Å². The molecule has 0 unspecified atom stereocenters. The molecule has 3 nitrogen and oxygen atoms in total. The Balaban J connectivity index is 1.55. The molecule has 24 heavy (non-hydrogen) atoms. The first kappa shape index (κ1) is 16.7. The van der Waals surface area contributed by atoms with E-state index in [0.717, 1.165) is 24.0 Å². The first-order valence-electron chi connectivity index (χ1n) is 8.86. The van der Waals surface area contributed by atoms with Crippen LogP contribution in [0.3, 0.4) is 0 Å². The molecule has 126 valence electrons. The van der Waals surface area contributed by atoms with Gasteiger partial charge in [-0.05, 0) is 42.0 Å². The van der Waals surface area contributed by atoms with Crippen molar-refractivity contribution in [3.8, 4) is 11.1 Å². The Morgan fingerprint density at radius 1 is 0.958 bits per heavy atom. The number of rotatable bonds is 5. The normalized spacial score (nSPS) is 16.5. The molecule has 0 heterocycles. The summed E-state index contributed by atoms with van der Waals surface area (Å²) >= 11 is 0. The number of aliphatic hydroxyl groups is 1. The highest BCUT2D eigenvalue weighted by Gasteiger charge is 2.22. The minimum absolute atomic E-state index is 0.121. The van der Waals surface area contributed by atoms with Gasteiger partial charge >= 0.3 is 0 Å². The fraction of sp³-hybridized carbons (Fsp3) is 0.381. The Labute approximate surface area is 143 Å². The van der Waals surface area contributed by atoms with Gasteiger partial charge in [-0.25, -0.2) is 0 Å². The monoisotopic (exact) mass is 323 g/mol. The number of amides is 1. The number of nitrogens with one attached hydrogen (secondary N) is 1. The van der Waals surface area contributed by atoms with Crippen molar-refractivity contribution in [2.75, 3.05) is 6.54 Å². The largest absolute Gasteiger partial charge is 0.391 e. The maximum Gasteiger partial charge on any atom is 0.251 e. The molecule has 0 saturated heterocycles. The van der Waals surface area contributed by atoms with E-state index in [4.69, 9.17) is 0 Å². The molecule has 0 radical (unpaired) electrons. The van der Waals surface area contributed by atoms with E-state index in [9.17, 15) is 9.90 Å². The molecule has 0 spiro atoms. The van der Waals surface area contributed by atoms with Crippen LogP contribution in [0.4, 0.5) is 0 Å². The van der Waals surface area contributed by atoms with E-state index < -0.39 is 6.10 Å². The third-order valence-corrected chi connectivity index (χ3v) is 4.92. The maximum atomic E-state index is 12.3. The van der Waals surface area contributed by atoms with Gasteiger partial charge in [-0.1, -0.05) is 61.7 Å². The molecular formula is C21H25NO2. The number of aliphatic hydroxyl groups excluding tert-OH is 1. The van der Waals surface area contributed by atoms with E-state index in [1.54, 1.807) is 0 Å². The highest BCUT2D eigenvalue weighted by molar-refractivity contribution is 5.94. The molecular weight excluding hydrogens is 298 g/mol. The maximum absolute atomic E-state index is 12.3. The van der Waals surface area contributed by atoms with Gasteiger partial charge in [0.05, 0.1) is 6.10 Å². The zero-order valence-electron chi connectivity index (χ0n) is 13.9. The van der Waals surface area contributed by atoms with Crippen LogP contribution in [0.5, 0.6) is 0 Å². The molecule has 0 aliphatic heterocycles. The summed E-state index contributed by atoms with van der Waals surface area (Å²) in [7, 11) is 0. The number of hydrogen-bond acceptors (Lipinski definition) is 2. The second kappa shape index (κ2) is 8.11. The average Bonchev–Trinajstić information content (AvgIpc) is 2.67. The van der Waals surface area contributed by atoms with Gasteiger partial charge in [0.2, 0.25) is 0 Å². The van der Waals surface area contributed by atoms with Crippen molar-refractivity contribution in [1.82, 2.24) is 5.32 Å². The predicted molar refractivity (Wildman–Crippen MR) is 96.8 cm³/mol. The minimum atomic E-state index is -0.433. The molecule has 3 rings (SSSR count). The van der Waals surface area contributed by atoms with Gasteiger partial charge in [-0.2, -0.15) is 0 Å². The van der Waals surface area contributed by atoms with Crippen LogP contribution in [-0.4, -0.2) is 23.7 Å². The van der Waals surface area contributed by atoms with Gasteiger partial charge in [-0.3, -0.25) is 4.79 Å².